The van der Waals surface area contributed by atoms with Crippen LogP contribution >= 0.6 is 0 Å². The smallest absolute Gasteiger partial charge is 0.162 e. The van der Waals surface area contributed by atoms with E-state index >= 15 is 0 Å². The van der Waals surface area contributed by atoms with Crippen molar-refractivity contribution in [2.24, 2.45) is 0 Å². The Hall–Kier alpha value is -2.60. The van der Waals surface area contributed by atoms with E-state index in [0.29, 0.717) is 6.04 Å². The lowest BCUT2D eigenvalue weighted by molar-refractivity contribution is 0.0904. The molecule has 0 bridgehead atoms. The van der Waals surface area contributed by atoms with Crippen molar-refractivity contribution >= 4 is 11.4 Å². The molecule has 1 aromatic carbocycles. The van der Waals surface area contributed by atoms with Crippen LogP contribution in [0, 0.1) is 0 Å². The number of hydrogen-bond donors (Lipinski definition) is 3. The molecule has 0 unspecified atom stereocenters. The van der Waals surface area contributed by atoms with E-state index in [-0.39, 0.29) is 11.2 Å². The first-order valence-corrected chi connectivity index (χ1v) is 11.9. The van der Waals surface area contributed by atoms with Crippen LogP contribution in [0.1, 0.15) is 51.5 Å². The number of piperidine rings is 1. The number of fused-ring (bicyclic) bond motifs is 2. The second-order valence-corrected chi connectivity index (χ2v) is 9.83. The van der Waals surface area contributed by atoms with Crippen LogP contribution in [-0.2, 0) is 0 Å². The summed E-state index contributed by atoms with van der Waals surface area (Å²) >= 11 is 0. The van der Waals surface area contributed by atoms with Gasteiger partial charge in [0.1, 0.15) is 5.66 Å². The van der Waals surface area contributed by atoms with Crippen LogP contribution in [-0.4, -0.2) is 49.5 Å². The minimum Gasteiger partial charge on any atom is -0.493 e. The van der Waals surface area contributed by atoms with Crippen LogP contribution in [0.25, 0.3) is 5.70 Å². The molecule has 5 rings (SSSR count). The minimum atomic E-state index is -0.0864. The number of allylic oxidation sites excluding steroid dienone is 2. The first-order chi connectivity index (χ1) is 15.5. The number of methoxy groups -OCH3 is 2. The predicted octanol–water partition coefficient (Wildman–Crippen LogP) is 4.23. The van der Waals surface area contributed by atoms with Crippen LogP contribution < -0.4 is 25.4 Å². The number of hydrogen-bond acceptors (Lipinski definition) is 6. The maximum absolute atomic E-state index is 5.64. The molecule has 2 atom stereocenters. The van der Waals surface area contributed by atoms with Gasteiger partial charge >= 0.3 is 0 Å². The largest absolute Gasteiger partial charge is 0.493 e. The van der Waals surface area contributed by atoms with Crippen LogP contribution in [0.2, 0.25) is 0 Å². The summed E-state index contributed by atoms with van der Waals surface area (Å²) in [6, 6.07) is 4.69. The number of nitrogens with zero attached hydrogens (tertiary/aromatic N) is 1. The Balaban J connectivity index is 1.40. The Morgan fingerprint density at radius 3 is 2.50 bits per heavy atom. The molecule has 4 aliphatic rings. The number of anilines is 1. The molecule has 1 aliphatic carbocycles. The summed E-state index contributed by atoms with van der Waals surface area (Å²) in [6.07, 6.45) is 14.3. The zero-order valence-corrected chi connectivity index (χ0v) is 19.8. The van der Waals surface area contributed by atoms with Crippen molar-refractivity contribution < 1.29 is 9.47 Å². The van der Waals surface area contributed by atoms with E-state index in [1.807, 2.05) is 6.20 Å². The van der Waals surface area contributed by atoms with Crippen molar-refractivity contribution in [3.8, 4) is 11.5 Å². The van der Waals surface area contributed by atoms with Gasteiger partial charge in [-0.3, -0.25) is 4.90 Å². The fourth-order valence-corrected chi connectivity index (χ4v) is 5.85. The topological polar surface area (TPSA) is 57.8 Å². The van der Waals surface area contributed by atoms with E-state index in [4.69, 9.17) is 9.47 Å². The van der Waals surface area contributed by atoms with Crippen molar-refractivity contribution in [2.75, 3.05) is 32.6 Å². The number of dihydropyridines is 1. The SMILES string of the molecule is COc1cc2c(cc1OC)C(NC1CCN([C@]3(C)C=CC=CN3)CC1)=C1CCC[C@]1(C)N2. The van der Waals surface area contributed by atoms with E-state index in [1.165, 1.54) is 23.3 Å². The standard InChI is InChI=1S/C26H36N4O2/c1-25-11-7-8-20(25)24(19-16-22(31-3)23(32-4)17-21(19)29-25)28-18-9-14-30(15-10-18)26(2)12-5-6-13-27-26/h5-6,12-13,16-18,27-29H,7-11,14-15H2,1-4H3/t25-,26+/m0/s1. The summed E-state index contributed by atoms with van der Waals surface area (Å²) < 4.78 is 11.2. The number of likely N-dealkylation sites (tertiary alicyclic amines) is 1. The third-order valence-electron chi connectivity index (χ3n) is 7.78. The zero-order chi connectivity index (χ0) is 22.3. The van der Waals surface area contributed by atoms with Gasteiger partial charge in [0.15, 0.2) is 11.5 Å². The summed E-state index contributed by atoms with van der Waals surface area (Å²) in [5, 5.41) is 11.3. The Morgan fingerprint density at radius 1 is 1.06 bits per heavy atom. The summed E-state index contributed by atoms with van der Waals surface area (Å²) in [5.41, 5.74) is 5.07. The maximum Gasteiger partial charge on any atom is 0.162 e. The molecule has 32 heavy (non-hydrogen) atoms. The first kappa shape index (κ1) is 21.3. The van der Waals surface area contributed by atoms with Crippen molar-refractivity contribution in [3.05, 3.63) is 47.7 Å². The highest BCUT2D eigenvalue weighted by Gasteiger charge is 2.41. The monoisotopic (exact) mass is 436 g/mol. The van der Waals surface area contributed by atoms with Crippen molar-refractivity contribution in [2.45, 2.75) is 63.2 Å². The molecule has 2 fully saturated rings. The molecule has 6 heteroatoms. The van der Waals surface area contributed by atoms with E-state index in [0.717, 1.165) is 56.0 Å². The molecular formula is C26H36N4O2. The van der Waals surface area contributed by atoms with Crippen LogP contribution in [0.15, 0.2) is 42.1 Å². The van der Waals surface area contributed by atoms with Gasteiger partial charge in [-0.15, -0.1) is 0 Å². The van der Waals surface area contributed by atoms with Gasteiger partial charge in [-0.25, -0.2) is 0 Å². The molecular weight excluding hydrogens is 400 g/mol. The molecule has 0 radical (unpaired) electrons. The second-order valence-electron chi connectivity index (χ2n) is 9.83. The summed E-state index contributed by atoms with van der Waals surface area (Å²) in [6.45, 7) is 6.74. The quantitative estimate of drug-likeness (QED) is 0.642. The van der Waals surface area contributed by atoms with Gasteiger partial charge in [0.2, 0.25) is 0 Å². The lowest BCUT2D eigenvalue weighted by Crippen LogP contribution is -2.58. The van der Waals surface area contributed by atoms with Crippen molar-refractivity contribution in [1.29, 1.82) is 0 Å². The molecule has 3 N–H and O–H groups in total. The van der Waals surface area contributed by atoms with Crippen molar-refractivity contribution in [1.82, 2.24) is 15.5 Å². The van der Waals surface area contributed by atoms with Gasteiger partial charge in [-0.2, -0.15) is 0 Å². The van der Waals surface area contributed by atoms with Crippen molar-refractivity contribution in [3.63, 3.8) is 0 Å². The third kappa shape index (κ3) is 3.54. The highest BCUT2D eigenvalue weighted by atomic mass is 16.5. The highest BCUT2D eigenvalue weighted by Crippen LogP contribution is 2.49. The van der Waals surface area contributed by atoms with Crippen LogP contribution in [0.5, 0.6) is 11.5 Å². The molecule has 1 saturated carbocycles. The average Bonchev–Trinajstić information content (AvgIpc) is 3.20. The minimum absolute atomic E-state index is 0.00621. The van der Waals surface area contributed by atoms with Gasteiger partial charge in [0.25, 0.3) is 0 Å². The fourth-order valence-electron chi connectivity index (χ4n) is 5.85. The Bertz CT molecular complexity index is 976. The Morgan fingerprint density at radius 2 is 1.81 bits per heavy atom. The molecule has 3 aliphatic heterocycles. The van der Waals surface area contributed by atoms with E-state index in [2.05, 4.69) is 65.1 Å². The number of benzene rings is 1. The maximum atomic E-state index is 5.64. The van der Waals surface area contributed by atoms with Crippen LogP contribution in [0.3, 0.4) is 0 Å². The van der Waals surface area contributed by atoms with E-state index < -0.39 is 0 Å². The number of ether oxygens (including phenoxy) is 2. The van der Waals surface area contributed by atoms with Gasteiger partial charge in [-0.1, -0.05) is 6.08 Å². The Kier molecular flexibility index (Phi) is 5.36. The molecule has 1 saturated heterocycles. The number of nitrogens with one attached hydrogen (secondary N) is 3. The molecule has 172 valence electrons. The molecule has 0 amide bonds. The highest BCUT2D eigenvalue weighted by molar-refractivity contribution is 5.85. The van der Waals surface area contributed by atoms with Gasteiger partial charge in [-0.05, 0) is 75.9 Å². The molecule has 6 nitrogen and oxygen atoms in total. The summed E-state index contributed by atoms with van der Waals surface area (Å²) in [5.74, 6) is 1.55. The average molecular weight is 437 g/mol. The summed E-state index contributed by atoms with van der Waals surface area (Å²) in [4.78, 5) is 2.55. The molecule has 3 heterocycles. The molecule has 0 spiro atoms. The normalized spacial score (nSPS) is 29.8. The fraction of sp³-hybridized carbons (Fsp3) is 0.538. The van der Waals surface area contributed by atoms with Gasteiger partial charge < -0.3 is 25.4 Å². The van der Waals surface area contributed by atoms with E-state index in [1.54, 1.807) is 14.2 Å². The summed E-state index contributed by atoms with van der Waals surface area (Å²) in [7, 11) is 3.41. The zero-order valence-electron chi connectivity index (χ0n) is 19.8. The Labute approximate surface area is 191 Å². The van der Waals surface area contributed by atoms with Gasteiger partial charge in [0, 0.05) is 42.1 Å². The van der Waals surface area contributed by atoms with Crippen LogP contribution in [0.4, 0.5) is 5.69 Å². The molecule has 1 aromatic rings. The molecule has 0 aromatic heterocycles. The van der Waals surface area contributed by atoms with Gasteiger partial charge in [0.05, 0.1) is 19.8 Å². The lowest BCUT2D eigenvalue weighted by atomic mass is 9.85. The predicted molar refractivity (Wildman–Crippen MR) is 130 cm³/mol. The first-order valence-electron chi connectivity index (χ1n) is 11.9. The second kappa shape index (κ2) is 8.07. The third-order valence-corrected chi connectivity index (χ3v) is 7.78. The lowest BCUT2D eigenvalue weighted by Gasteiger charge is -2.45. The van der Waals surface area contributed by atoms with E-state index in [9.17, 15) is 0 Å². The number of rotatable bonds is 5.